The molecule has 0 N–H and O–H groups in total. The molecule has 0 amide bonds. The molecule has 1 aliphatic heterocycles. The number of hydrogen-bond acceptors (Lipinski definition) is 0. The molecule has 4 heteroatoms. The summed E-state index contributed by atoms with van der Waals surface area (Å²) in [5, 5.41) is 5.78. The molecule has 34 heavy (non-hydrogen) atoms. The van der Waals surface area contributed by atoms with Crippen molar-refractivity contribution in [2.45, 2.75) is 78.3 Å². The van der Waals surface area contributed by atoms with Gasteiger partial charge in [0.1, 0.15) is 0 Å². The van der Waals surface area contributed by atoms with Crippen molar-refractivity contribution in [2.24, 2.45) is 0 Å². The first-order valence-corrected chi connectivity index (χ1v) is 19.8. The summed E-state index contributed by atoms with van der Waals surface area (Å²) in [4.78, 5) is 0. The molecule has 0 aromatic heterocycles. The van der Waals surface area contributed by atoms with Crippen LogP contribution in [0.5, 0.6) is 0 Å². The van der Waals surface area contributed by atoms with Crippen LogP contribution in [0.1, 0.15) is 62.8 Å². The Kier molecular flexibility index (Phi) is 14.9. The van der Waals surface area contributed by atoms with Crippen molar-refractivity contribution in [1.82, 2.24) is 0 Å². The van der Waals surface area contributed by atoms with Gasteiger partial charge >= 0.3 is 53.4 Å². The zero-order chi connectivity index (χ0) is 22.9. The topological polar surface area (TPSA) is 0 Å². The Hall–Kier alpha value is -0.673. The van der Waals surface area contributed by atoms with Gasteiger partial charge in [-0.25, -0.2) is 0 Å². The van der Waals surface area contributed by atoms with Gasteiger partial charge in [0.05, 0.1) is 0 Å². The van der Waals surface area contributed by atoms with Gasteiger partial charge in [0.25, 0.3) is 0 Å². The summed E-state index contributed by atoms with van der Waals surface area (Å²) in [7, 11) is 0. The van der Waals surface area contributed by atoms with Crippen LogP contribution < -0.4 is 24.8 Å². The van der Waals surface area contributed by atoms with Gasteiger partial charge in [-0.1, -0.05) is 63.8 Å². The zero-order valence-corrected chi connectivity index (χ0v) is 27.3. The molecule has 0 saturated carbocycles. The zero-order valence-electron chi connectivity index (χ0n) is 21.2. The van der Waals surface area contributed by atoms with E-state index in [2.05, 4.69) is 88.4 Å². The first-order valence-electron chi connectivity index (χ1n) is 12.5. The van der Waals surface area contributed by atoms with Gasteiger partial charge < -0.3 is 24.8 Å². The first kappa shape index (κ1) is 31.4. The molecule has 0 spiro atoms. The second-order valence-corrected chi connectivity index (χ2v) is 18.5. The predicted molar refractivity (Wildman–Crippen MR) is 141 cm³/mol. The minimum atomic E-state index is 0. The Labute approximate surface area is 234 Å². The number of halogens is 2. The van der Waals surface area contributed by atoms with Crippen LogP contribution in [-0.4, -0.2) is 5.49 Å². The second-order valence-electron chi connectivity index (χ2n) is 8.70. The summed E-state index contributed by atoms with van der Waals surface area (Å²) in [6.07, 6.45) is 7.65. The van der Waals surface area contributed by atoms with Gasteiger partial charge in [-0.2, -0.15) is 24.3 Å². The van der Waals surface area contributed by atoms with E-state index in [-0.39, 0.29) is 24.8 Å². The summed E-state index contributed by atoms with van der Waals surface area (Å²) in [5.41, 5.74) is 6.26. The van der Waals surface area contributed by atoms with E-state index in [9.17, 15) is 0 Å². The summed E-state index contributed by atoms with van der Waals surface area (Å²) in [6, 6.07) is 25.6. The van der Waals surface area contributed by atoms with Crippen LogP contribution in [0.15, 0.2) is 60.7 Å². The van der Waals surface area contributed by atoms with Crippen molar-refractivity contribution in [3.05, 3.63) is 82.9 Å². The Balaban J connectivity index is 0.000000263. The van der Waals surface area contributed by atoms with Crippen molar-refractivity contribution in [3.63, 3.8) is 0 Å². The third kappa shape index (κ3) is 7.92. The van der Waals surface area contributed by atoms with E-state index in [0.717, 1.165) is 25.7 Å². The van der Waals surface area contributed by atoms with Crippen molar-refractivity contribution >= 4 is 27.0 Å². The molecule has 0 unspecified atom stereocenters. The van der Waals surface area contributed by atoms with E-state index in [1.54, 1.807) is 47.9 Å². The normalized spacial score (nSPS) is 12.4. The third-order valence-electron chi connectivity index (χ3n) is 6.72. The molecule has 0 atom stereocenters. The minimum absolute atomic E-state index is 0. The molecule has 1 fully saturated rings. The fourth-order valence-electron chi connectivity index (χ4n) is 4.76. The van der Waals surface area contributed by atoms with Gasteiger partial charge in [-0.15, -0.1) is 56.9 Å². The molecule has 1 heterocycles. The summed E-state index contributed by atoms with van der Waals surface area (Å²) in [6.45, 7) is 8.86. The van der Waals surface area contributed by atoms with E-state index >= 15 is 0 Å². The Morgan fingerprint density at radius 1 is 0.618 bits per heavy atom. The molecule has 0 nitrogen and oxygen atoms in total. The van der Waals surface area contributed by atoms with E-state index in [0.29, 0.717) is 5.49 Å². The average Bonchev–Trinajstić information content (AvgIpc) is 3.60. The van der Waals surface area contributed by atoms with Crippen molar-refractivity contribution in [3.8, 4) is 0 Å². The van der Waals surface area contributed by atoms with E-state index in [4.69, 9.17) is 0 Å². The van der Waals surface area contributed by atoms with Crippen LogP contribution in [0.2, 0.25) is 12.1 Å². The van der Waals surface area contributed by atoms with E-state index in [1.165, 1.54) is 43.8 Å². The summed E-state index contributed by atoms with van der Waals surface area (Å²) >= 11 is 1.55. The molecule has 1 saturated heterocycles. The van der Waals surface area contributed by atoms with Crippen LogP contribution in [-0.2, 0) is 48.7 Å². The number of rotatable bonds is 4. The molecule has 0 aliphatic carbocycles. The number of fused-ring (bicyclic) bond motifs is 2. The standard InChI is InChI=1S/2C13H15.C4H8Si.2ClH.Hf/c2*1-3-10-8-9-11(4-2)13-7-5-6-12(10)13;1-2-4-5-3-1;;;/h2*5-9H,3-4H2,1-2H3;1-4H2;2*1H;/q2*-1;;;;+2/p-2. The van der Waals surface area contributed by atoms with Gasteiger partial charge in [-0.3, -0.25) is 0 Å². The fourth-order valence-corrected chi connectivity index (χ4v) is 10.2. The second kappa shape index (κ2) is 16.1. The van der Waals surface area contributed by atoms with Gasteiger partial charge in [0.15, 0.2) is 0 Å². The van der Waals surface area contributed by atoms with Crippen LogP contribution in [0, 0.1) is 0 Å². The molecular formula is C30H38Cl2HfSi-2. The number of aryl methyl sites for hydroxylation is 4. The Morgan fingerprint density at radius 3 is 1.26 bits per heavy atom. The van der Waals surface area contributed by atoms with Crippen LogP contribution in [0.25, 0.3) is 21.5 Å². The van der Waals surface area contributed by atoms with Crippen molar-refractivity contribution < 1.29 is 47.8 Å². The molecular weight excluding hydrogens is 638 g/mol. The Bertz CT molecular complexity index is 989. The van der Waals surface area contributed by atoms with E-state index < -0.39 is 0 Å². The van der Waals surface area contributed by atoms with Crippen LogP contribution in [0.4, 0.5) is 0 Å². The predicted octanol–water partition coefficient (Wildman–Crippen LogP) is 2.69. The average molecular weight is 676 g/mol. The van der Waals surface area contributed by atoms with Gasteiger partial charge in [0, 0.05) is 0 Å². The molecule has 182 valence electrons. The van der Waals surface area contributed by atoms with Crippen LogP contribution in [0.3, 0.4) is 0 Å². The molecule has 1 aliphatic rings. The van der Waals surface area contributed by atoms with Crippen molar-refractivity contribution in [2.75, 3.05) is 0 Å². The quantitative estimate of drug-likeness (QED) is 0.231. The third-order valence-corrected chi connectivity index (χ3v) is 14.0. The van der Waals surface area contributed by atoms with Crippen molar-refractivity contribution in [1.29, 1.82) is 0 Å². The summed E-state index contributed by atoms with van der Waals surface area (Å²) < 4.78 is 0. The van der Waals surface area contributed by atoms with E-state index in [1.807, 2.05) is 0 Å². The number of hydrogen-bond donors (Lipinski definition) is 0. The first-order chi connectivity index (χ1) is 15.6. The van der Waals surface area contributed by atoms with Crippen LogP contribution >= 0.6 is 0 Å². The molecule has 0 bridgehead atoms. The maximum absolute atomic E-state index is 2.27. The van der Waals surface area contributed by atoms with Gasteiger partial charge in [0.2, 0.25) is 0 Å². The summed E-state index contributed by atoms with van der Waals surface area (Å²) in [5.74, 6) is 0. The SMILES string of the molecule is CCc1ccc(CC)c2[cH-]ccc12.CCc1ccc(CC)c2[cH-]ccc12.[Cl-].[Cl-].[Hf+2]=[Si]1CCCC1. The Morgan fingerprint density at radius 2 is 0.971 bits per heavy atom. The fraction of sp³-hybridized carbons (Fsp3) is 0.400. The number of benzene rings is 2. The van der Waals surface area contributed by atoms with Gasteiger partial charge in [-0.05, 0) is 12.8 Å². The molecule has 4 aromatic carbocycles. The maximum atomic E-state index is 2.27. The molecule has 0 radical (unpaired) electrons. The molecule has 4 aromatic rings. The molecule has 5 rings (SSSR count). The monoisotopic (exact) mass is 676 g/mol.